The van der Waals surface area contributed by atoms with Gasteiger partial charge >= 0.3 is 0 Å². The van der Waals surface area contributed by atoms with Gasteiger partial charge in [-0.3, -0.25) is 0 Å². The second kappa shape index (κ2) is 4.64. The van der Waals surface area contributed by atoms with Crippen molar-refractivity contribution >= 4 is 11.8 Å². The van der Waals surface area contributed by atoms with E-state index in [1.807, 2.05) is 0 Å². The van der Waals surface area contributed by atoms with Crippen molar-refractivity contribution in [2.45, 2.75) is 54.6 Å². The van der Waals surface area contributed by atoms with E-state index in [2.05, 4.69) is 30.8 Å². The molecule has 0 aliphatic carbocycles. The number of rotatable bonds is 3. The van der Waals surface area contributed by atoms with E-state index in [0.29, 0.717) is 0 Å². The van der Waals surface area contributed by atoms with Gasteiger partial charge in [-0.1, -0.05) is 6.42 Å². The Bertz CT molecular complexity index is 208. The van der Waals surface area contributed by atoms with Crippen LogP contribution in [0.5, 0.6) is 0 Å². The largest absolute Gasteiger partial charge is 0.390 e. The second-order valence-corrected chi connectivity index (χ2v) is 7.10. The summed E-state index contributed by atoms with van der Waals surface area (Å²) in [5.41, 5.74) is -0.356. The first-order valence-corrected chi connectivity index (χ1v) is 7.04. The van der Waals surface area contributed by atoms with Crippen LogP contribution in [-0.4, -0.2) is 46.7 Å². The van der Waals surface area contributed by atoms with E-state index in [0.717, 1.165) is 36.3 Å². The molecule has 0 spiro atoms. The van der Waals surface area contributed by atoms with Gasteiger partial charge in [-0.2, -0.15) is 11.8 Å². The number of hydrogen-bond acceptors (Lipinski definition) is 3. The molecule has 0 amide bonds. The molecule has 2 aliphatic heterocycles. The van der Waals surface area contributed by atoms with Gasteiger partial charge in [0, 0.05) is 17.0 Å². The molecule has 2 atom stereocenters. The Balaban J connectivity index is 1.90. The van der Waals surface area contributed by atoms with E-state index < -0.39 is 0 Å². The first kappa shape index (κ1) is 11.7. The van der Waals surface area contributed by atoms with E-state index in [1.54, 1.807) is 0 Å². The smallest absolute Gasteiger partial charge is 0.0681 e. The minimum atomic E-state index is -0.356. The highest BCUT2D eigenvalue weighted by Gasteiger charge is 2.40. The van der Waals surface area contributed by atoms with Crippen molar-refractivity contribution in [1.29, 1.82) is 0 Å². The molecule has 2 saturated heterocycles. The summed E-state index contributed by atoms with van der Waals surface area (Å²) in [5, 5.41) is 12.1. The molecule has 15 heavy (non-hydrogen) atoms. The van der Waals surface area contributed by atoms with Gasteiger partial charge in [0.15, 0.2) is 0 Å². The molecule has 2 heterocycles. The molecule has 0 radical (unpaired) electrons. The van der Waals surface area contributed by atoms with Crippen molar-refractivity contribution in [3.8, 4) is 0 Å². The van der Waals surface area contributed by atoms with Gasteiger partial charge in [0.1, 0.15) is 0 Å². The van der Waals surface area contributed by atoms with Gasteiger partial charge < -0.3 is 10.0 Å². The maximum Gasteiger partial charge on any atom is 0.0681 e. The Morgan fingerprint density at radius 2 is 1.87 bits per heavy atom. The molecule has 88 valence electrons. The first-order valence-electron chi connectivity index (χ1n) is 6.10. The Hall–Kier alpha value is 0.270. The van der Waals surface area contributed by atoms with Crippen LogP contribution in [0.1, 0.15) is 38.5 Å². The normalized spacial score (nSPS) is 40.8. The predicted molar refractivity (Wildman–Crippen MR) is 66.4 cm³/mol. The average Bonchev–Trinajstić information content (AvgIpc) is 2.14. The highest BCUT2D eigenvalue weighted by atomic mass is 32.2. The van der Waals surface area contributed by atoms with Crippen molar-refractivity contribution in [1.82, 2.24) is 4.90 Å². The maximum atomic E-state index is 10.6. The Morgan fingerprint density at radius 1 is 1.27 bits per heavy atom. The lowest BCUT2D eigenvalue weighted by Crippen LogP contribution is -2.44. The first-order chi connectivity index (χ1) is 7.07. The average molecular weight is 229 g/mol. The highest BCUT2D eigenvalue weighted by Crippen LogP contribution is 2.46. The van der Waals surface area contributed by atoms with Gasteiger partial charge in [0.25, 0.3) is 0 Å². The van der Waals surface area contributed by atoms with Crippen LogP contribution in [0.25, 0.3) is 0 Å². The molecular formula is C12H23NOS. The molecule has 0 aromatic rings. The fourth-order valence-corrected chi connectivity index (χ4v) is 4.81. The van der Waals surface area contributed by atoms with Crippen molar-refractivity contribution in [3.63, 3.8) is 0 Å². The van der Waals surface area contributed by atoms with Crippen molar-refractivity contribution in [2.24, 2.45) is 0 Å². The summed E-state index contributed by atoms with van der Waals surface area (Å²) in [6.07, 6.45) is 7.04. The zero-order valence-electron chi connectivity index (χ0n) is 9.91. The van der Waals surface area contributed by atoms with E-state index in [4.69, 9.17) is 0 Å². The van der Waals surface area contributed by atoms with Gasteiger partial charge in [0.2, 0.25) is 0 Å². The van der Waals surface area contributed by atoms with Crippen LogP contribution in [0.3, 0.4) is 0 Å². The Morgan fingerprint density at radius 3 is 2.40 bits per heavy atom. The van der Waals surface area contributed by atoms with Crippen LogP contribution in [-0.2, 0) is 0 Å². The molecular weight excluding hydrogens is 206 g/mol. The van der Waals surface area contributed by atoms with Crippen molar-refractivity contribution in [3.05, 3.63) is 0 Å². The van der Waals surface area contributed by atoms with Crippen LogP contribution in [0, 0.1) is 0 Å². The summed E-state index contributed by atoms with van der Waals surface area (Å²) < 4.78 is 0. The van der Waals surface area contributed by atoms with Crippen LogP contribution >= 0.6 is 11.8 Å². The summed E-state index contributed by atoms with van der Waals surface area (Å²) in [5.74, 6) is 0. The minimum absolute atomic E-state index is 0.356. The molecule has 2 aliphatic rings. The molecule has 2 bridgehead atoms. The number of hydrogen-bond donors (Lipinski definition) is 1. The third-order valence-electron chi connectivity index (χ3n) is 3.68. The zero-order chi connectivity index (χ0) is 10.9. The molecule has 2 unspecified atom stereocenters. The minimum Gasteiger partial charge on any atom is -0.390 e. The van der Waals surface area contributed by atoms with Gasteiger partial charge in [-0.25, -0.2) is 0 Å². The van der Waals surface area contributed by atoms with Gasteiger partial charge in [0.05, 0.1) is 5.60 Å². The lowest BCUT2D eigenvalue weighted by molar-refractivity contribution is -0.000531. The van der Waals surface area contributed by atoms with Crippen LogP contribution < -0.4 is 0 Å². The lowest BCUT2D eigenvalue weighted by Gasteiger charge is -2.44. The Kier molecular flexibility index (Phi) is 3.63. The van der Waals surface area contributed by atoms with Crippen LogP contribution in [0.4, 0.5) is 0 Å². The van der Waals surface area contributed by atoms with Gasteiger partial charge in [-0.05, 0) is 46.2 Å². The number of thioether (sulfide) groups is 1. The monoisotopic (exact) mass is 229 g/mol. The Labute approximate surface area is 97.4 Å². The third kappa shape index (κ3) is 3.11. The molecule has 2 rings (SSSR count). The lowest BCUT2D eigenvalue weighted by atomic mass is 9.83. The zero-order valence-corrected chi connectivity index (χ0v) is 10.7. The molecule has 0 aromatic heterocycles. The fourth-order valence-electron chi connectivity index (χ4n) is 2.85. The molecule has 0 aromatic carbocycles. The molecule has 2 fully saturated rings. The topological polar surface area (TPSA) is 23.5 Å². The fraction of sp³-hybridized carbons (Fsp3) is 1.00. The van der Waals surface area contributed by atoms with Crippen molar-refractivity contribution < 1.29 is 5.11 Å². The second-order valence-electron chi connectivity index (χ2n) is 5.50. The van der Waals surface area contributed by atoms with E-state index in [-0.39, 0.29) is 5.60 Å². The number of nitrogens with zero attached hydrogens (tertiary/aromatic N) is 1. The SMILES string of the molecule is CN(C)CCC1(O)CC2CCCC(C1)S2. The quantitative estimate of drug-likeness (QED) is 0.802. The summed E-state index contributed by atoms with van der Waals surface area (Å²) >= 11 is 2.14. The highest BCUT2D eigenvalue weighted by molar-refractivity contribution is 8.00. The molecule has 0 saturated carbocycles. The number of fused-ring (bicyclic) bond motifs is 2. The molecule has 3 heteroatoms. The van der Waals surface area contributed by atoms with Gasteiger partial charge in [-0.15, -0.1) is 0 Å². The molecule has 2 nitrogen and oxygen atoms in total. The van der Waals surface area contributed by atoms with E-state index >= 15 is 0 Å². The van der Waals surface area contributed by atoms with E-state index in [9.17, 15) is 5.11 Å². The third-order valence-corrected chi connectivity index (χ3v) is 5.25. The summed E-state index contributed by atoms with van der Waals surface area (Å²) in [6.45, 7) is 1.01. The number of aliphatic hydroxyl groups is 1. The summed E-state index contributed by atoms with van der Waals surface area (Å²) in [6, 6.07) is 0. The van der Waals surface area contributed by atoms with Crippen LogP contribution in [0.2, 0.25) is 0 Å². The molecule has 1 N–H and O–H groups in total. The standard InChI is InChI=1S/C12H23NOS/c1-13(2)7-6-12(14)8-10-4-3-5-11(9-12)15-10/h10-11,14H,3-9H2,1-2H3. The summed E-state index contributed by atoms with van der Waals surface area (Å²) in [7, 11) is 4.17. The van der Waals surface area contributed by atoms with Crippen LogP contribution in [0.15, 0.2) is 0 Å². The summed E-state index contributed by atoms with van der Waals surface area (Å²) in [4.78, 5) is 2.18. The van der Waals surface area contributed by atoms with E-state index in [1.165, 1.54) is 19.3 Å². The maximum absolute atomic E-state index is 10.6. The van der Waals surface area contributed by atoms with Crippen molar-refractivity contribution in [2.75, 3.05) is 20.6 Å². The predicted octanol–water partition coefficient (Wildman–Crippen LogP) is 2.12.